The number of halogens is 1. The van der Waals surface area contributed by atoms with Crippen LogP contribution in [0.25, 0.3) is 11.5 Å². The number of benzene rings is 1. The van der Waals surface area contributed by atoms with E-state index in [9.17, 15) is 0 Å². The van der Waals surface area contributed by atoms with Crippen molar-refractivity contribution in [1.29, 1.82) is 0 Å². The summed E-state index contributed by atoms with van der Waals surface area (Å²) in [4.78, 5) is 2.57. The SMILES string of the molecule is Nc1c(Cl)cc(-c2nnc(C3CCN(CC4CCOCC4)CC3)o2)c2c1CCO2. The number of hydrogen-bond donors (Lipinski definition) is 1. The fourth-order valence-electron chi connectivity index (χ4n) is 4.69. The molecule has 3 aliphatic rings. The van der Waals surface area contributed by atoms with E-state index in [1.807, 2.05) is 0 Å². The van der Waals surface area contributed by atoms with Crippen LogP contribution in [0.15, 0.2) is 10.5 Å². The van der Waals surface area contributed by atoms with E-state index in [-0.39, 0.29) is 0 Å². The van der Waals surface area contributed by atoms with Gasteiger partial charge in [-0.2, -0.15) is 0 Å². The number of likely N-dealkylation sites (tertiary alicyclic amines) is 1. The lowest BCUT2D eigenvalue weighted by Crippen LogP contribution is -2.38. The number of ether oxygens (including phenoxy) is 2. The van der Waals surface area contributed by atoms with Gasteiger partial charge in [0, 0.05) is 37.7 Å². The zero-order valence-corrected chi connectivity index (χ0v) is 17.3. The lowest BCUT2D eigenvalue weighted by molar-refractivity contribution is 0.0483. The zero-order chi connectivity index (χ0) is 19.8. The van der Waals surface area contributed by atoms with E-state index in [0.717, 1.165) is 68.4 Å². The highest BCUT2D eigenvalue weighted by Gasteiger charge is 2.29. The number of hydrogen-bond acceptors (Lipinski definition) is 7. The first-order valence-corrected chi connectivity index (χ1v) is 10.9. The number of rotatable bonds is 4. The minimum Gasteiger partial charge on any atom is -0.492 e. The van der Waals surface area contributed by atoms with Crippen molar-refractivity contribution in [2.45, 2.75) is 38.0 Å². The molecule has 1 aromatic heterocycles. The van der Waals surface area contributed by atoms with Gasteiger partial charge in [0.25, 0.3) is 5.89 Å². The van der Waals surface area contributed by atoms with E-state index in [4.69, 9.17) is 31.2 Å². The predicted octanol–water partition coefficient (Wildman–Crippen LogP) is 3.51. The van der Waals surface area contributed by atoms with Crippen LogP contribution in [-0.2, 0) is 11.2 Å². The molecule has 0 atom stereocenters. The van der Waals surface area contributed by atoms with E-state index < -0.39 is 0 Å². The van der Waals surface area contributed by atoms with Crippen molar-refractivity contribution in [2.24, 2.45) is 5.92 Å². The summed E-state index contributed by atoms with van der Waals surface area (Å²) in [6.45, 7) is 5.75. The Kier molecular flexibility index (Phi) is 5.37. The minimum absolute atomic E-state index is 0.306. The molecule has 156 valence electrons. The molecule has 7 nitrogen and oxygen atoms in total. The van der Waals surface area contributed by atoms with Crippen LogP contribution in [0.3, 0.4) is 0 Å². The molecule has 2 aromatic rings. The van der Waals surface area contributed by atoms with Crippen LogP contribution in [-0.4, -0.2) is 54.6 Å². The first kappa shape index (κ1) is 19.2. The van der Waals surface area contributed by atoms with Crippen molar-refractivity contribution in [3.05, 3.63) is 22.5 Å². The molecule has 0 radical (unpaired) electrons. The number of anilines is 1. The highest BCUT2D eigenvalue weighted by molar-refractivity contribution is 6.33. The number of fused-ring (bicyclic) bond motifs is 1. The Hall–Kier alpha value is -1.83. The van der Waals surface area contributed by atoms with Gasteiger partial charge in [0.05, 0.1) is 22.9 Å². The third kappa shape index (κ3) is 3.83. The molecule has 0 aliphatic carbocycles. The summed E-state index contributed by atoms with van der Waals surface area (Å²) in [5, 5.41) is 9.16. The van der Waals surface area contributed by atoms with E-state index in [1.165, 1.54) is 19.4 Å². The Morgan fingerprint density at radius 3 is 2.69 bits per heavy atom. The fourth-order valence-corrected chi connectivity index (χ4v) is 4.91. The van der Waals surface area contributed by atoms with Crippen LogP contribution in [0.2, 0.25) is 5.02 Å². The molecule has 2 fully saturated rings. The predicted molar refractivity (Wildman–Crippen MR) is 110 cm³/mol. The van der Waals surface area contributed by atoms with Crippen molar-refractivity contribution >= 4 is 17.3 Å². The van der Waals surface area contributed by atoms with Crippen LogP contribution >= 0.6 is 11.6 Å². The molecule has 3 aliphatic heterocycles. The Morgan fingerprint density at radius 1 is 1.10 bits per heavy atom. The monoisotopic (exact) mass is 418 g/mol. The molecule has 2 saturated heterocycles. The smallest absolute Gasteiger partial charge is 0.251 e. The number of nitrogen functional groups attached to an aromatic ring is 1. The Bertz CT molecular complexity index is 873. The molecule has 0 saturated carbocycles. The van der Waals surface area contributed by atoms with Crippen molar-refractivity contribution in [3.63, 3.8) is 0 Å². The van der Waals surface area contributed by atoms with Crippen LogP contribution in [0.5, 0.6) is 5.75 Å². The van der Waals surface area contributed by atoms with Gasteiger partial charge in [0.2, 0.25) is 5.89 Å². The standard InChI is InChI=1S/C21H27ClN4O3/c22-17-11-16(19-15(18(17)23)5-10-28-19)21-25-24-20(29-21)14-1-6-26(7-2-14)12-13-3-8-27-9-4-13/h11,13-14H,1-10,12,23H2. The summed E-state index contributed by atoms with van der Waals surface area (Å²) in [6, 6.07) is 1.77. The van der Waals surface area contributed by atoms with Crippen molar-refractivity contribution in [1.82, 2.24) is 15.1 Å². The van der Waals surface area contributed by atoms with Crippen molar-refractivity contribution in [2.75, 3.05) is 45.2 Å². The second-order valence-electron chi connectivity index (χ2n) is 8.30. The molecule has 1 aromatic carbocycles. The highest BCUT2D eigenvalue weighted by atomic mass is 35.5. The van der Waals surface area contributed by atoms with E-state index >= 15 is 0 Å². The van der Waals surface area contributed by atoms with E-state index in [1.54, 1.807) is 6.07 Å². The molecule has 2 N–H and O–H groups in total. The number of nitrogens with two attached hydrogens (primary N) is 1. The maximum atomic E-state index is 6.32. The maximum Gasteiger partial charge on any atom is 0.251 e. The quantitative estimate of drug-likeness (QED) is 0.760. The average Bonchev–Trinajstić information content (AvgIpc) is 3.42. The molecule has 0 amide bonds. The minimum atomic E-state index is 0.306. The molecular weight excluding hydrogens is 392 g/mol. The van der Waals surface area contributed by atoms with Gasteiger partial charge in [-0.3, -0.25) is 0 Å². The summed E-state index contributed by atoms with van der Waals surface area (Å²) >= 11 is 6.32. The molecule has 4 heterocycles. The van der Waals surface area contributed by atoms with Gasteiger partial charge in [0.15, 0.2) is 0 Å². The van der Waals surface area contributed by atoms with Crippen LogP contribution in [0.1, 0.15) is 43.1 Å². The van der Waals surface area contributed by atoms with Crippen LogP contribution < -0.4 is 10.5 Å². The third-order valence-corrected chi connectivity index (χ3v) is 6.75. The molecule has 0 unspecified atom stereocenters. The lowest BCUT2D eigenvalue weighted by atomic mass is 9.94. The van der Waals surface area contributed by atoms with Gasteiger partial charge in [-0.1, -0.05) is 11.6 Å². The lowest BCUT2D eigenvalue weighted by Gasteiger charge is -2.34. The van der Waals surface area contributed by atoms with Gasteiger partial charge in [0.1, 0.15) is 5.75 Å². The van der Waals surface area contributed by atoms with Crippen molar-refractivity contribution in [3.8, 4) is 17.2 Å². The Balaban J connectivity index is 1.26. The Labute approximate surface area is 175 Å². The van der Waals surface area contributed by atoms with E-state index in [0.29, 0.717) is 35.0 Å². The maximum absolute atomic E-state index is 6.32. The van der Waals surface area contributed by atoms with Gasteiger partial charge in [-0.05, 0) is 50.8 Å². The molecule has 8 heteroatoms. The summed E-state index contributed by atoms with van der Waals surface area (Å²) < 4.78 is 17.3. The average molecular weight is 419 g/mol. The summed E-state index contributed by atoms with van der Waals surface area (Å²) in [5.41, 5.74) is 8.36. The molecular formula is C21H27ClN4O3. The van der Waals surface area contributed by atoms with Gasteiger partial charge < -0.3 is 24.5 Å². The van der Waals surface area contributed by atoms with E-state index in [2.05, 4.69) is 15.1 Å². The van der Waals surface area contributed by atoms with Crippen molar-refractivity contribution < 1.29 is 13.9 Å². The summed E-state index contributed by atoms with van der Waals surface area (Å²) in [6.07, 6.45) is 5.21. The normalized spacial score (nSPS) is 21.3. The fraction of sp³-hybridized carbons (Fsp3) is 0.619. The molecule has 5 rings (SSSR count). The number of aromatic nitrogens is 2. The molecule has 29 heavy (non-hydrogen) atoms. The van der Waals surface area contributed by atoms with Gasteiger partial charge in [-0.25, -0.2) is 0 Å². The van der Waals surface area contributed by atoms with Gasteiger partial charge >= 0.3 is 0 Å². The second kappa shape index (κ2) is 8.13. The highest BCUT2D eigenvalue weighted by Crippen LogP contribution is 2.43. The molecule has 0 spiro atoms. The van der Waals surface area contributed by atoms with Crippen LogP contribution in [0, 0.1) is 5.92 Å². The third-order valence-electron chi connectivity index (χ3n) is 6.44. The topological polar surface area (TPSA) is 86.6 Å². The Morgan fingerprint density at radius 2 is 1.90 bits per heavy atom. The zero-order valence-electron chi connectivity index (χ0n) is 16.5. The number of piperidine rings is 1. The van der Waals surface area contributed by atoms with Crippen LogP contribution in [0.4, 0.5) is 5.69 Å². The first-order chi connectivity index (χ1) is 14.2. The van der Waals surface area contributed by atoms with Gasteiger partial charge in [-0.15, -0.1) is 10.2 Å². The molecule has 0 bridgehead atoms. The largest absolute Gasteiger partial charge is 0.492 e. The second-order valence-corrected chi connectivity index (χ2v) is 8.71. The number of nitrogens with zero attached hydrogens (tertiary/aromatic N) is 3. The summed E-state index contributed by atoms with van der Waals surface area (Å²) in [7, 11) is 0. The summed E-state index contributed by atoms with van der Waals surface area (Å²) in [5.74, 6) is 2.98. The first-order valence-electron chi connectivity index (χ1n) is 10.6.